The van der Waals surface area contributed by atoms with Crippen molar-refractivity contribution in [2.24, 2.45) is 0 Å². The van der Waals surface area contributed by atoms with E-state index in [0.717, 1.165) is 5.56 Å². The van der Waals surface area contributed by atoms with Gasteiger partial charge in [0, 0.05) is 19.8 Å². The Kier molecular flexibility index (Phi) is 7.01. The Morgan fingerprint density at radius 3 is 2.05 bits per heavy atom. The summed E-state index contributed by atoms with van der Waals surface area (Å²) in [5.74, 6) is -1.34. The average Bonchev–Trinajstić information content (AvgIpc) is 2.46. The molecule has 0 unspecified atom stereocenters. The summed E-state index contributed by atoms with van der Waals surface area (Å²) in [4.78, 5) is 25.4. The van der Waals surface area contributed by atoms with E-state index < -0.39 is 11.9 Å². The van der Waals surface area contributed by atoms with Gasteiger partial charge in [0.15, 0.2) is 5.57 Å². The second-order valence-electron chi connectivity index (χ2n) is 4.38. The predicted molar refractivity (Wildman–Crippen MR) is 79.3 cm³/mol. The highest BCUT2D eigenvalue weighted by Crippen LogP contribution is 2.08. The molecule has 0 aliphatic rings. The average molecular weight is 291 g/mol. The highest BCUT2D eigenvalue weighted by molar-refractivity contribution is 6.13. The molecule has 1 aromatic rings. The van der Waals surface area contributed by atoms with Gasteiger partial charge in [0.1, 0.15) is 0 Å². The molecule has 0 aromatic heterocycles. The first-order valence-corrected chi connectivity index (χ1v) is 6.88. The fourth-order valence-corrected chi connectivity index (χ4v) is 1.74. The van der Waals surface area contributed by atoms with E-state index in [-0.39, 0.29) is 18.8 Å². The standard InChI is InChI=1S/C16H21NO4/c1-4-20-15(18)14(16(19)21-5-2)12-17(3)11-13-9-7-6-8-10-13/h6-10,12H,4-5,11H2,1-3H3. The number of benzene rings is 1. The van der Waals surface area contributed by atoms with Crippen LogP contribution in [0.3, 0.4) is 0 Å². The number of nitrogens with zero attached hydrogens (tertiary/aromatic N) is 1. The zero-order valence-electron chi connectivity index (χ0n) is 12.7. The van der Waals surface area contributed by atoms with E-state index in [1.54, 1.807) is 25.8 Å². The lowest BCUT2D eigenvalue weighted by molar-refractivity contribution is -0.146. The van der Waals surface area contributed by atoms with Gasteiger partial charge in [0.25, 0.3) is 0 Å². The Labute approximate surface area is 125 Å². The third-order valence-corrected chi connectivity index (χ3v) is 2.61. The minimum atomic E-state index is -0.670. The molecule has 0 fully saturated rings. The van der Waals surface area contributed by atoms with Gasteiger partial charge in [0.2, 0.25) is 0 Å². The third-order valence-electron chi connectivity index (χ3n) is 2.61. The van der Waals surface area contributed by atoms with Crippen molar-refractivity contribution in [2.75, 3.05) is 20.3 Å². The zero-order chi connectivity index (χ0) is 15.7. The van der Waals surface area contributed by atoms with Crippen molar-refractivity contribution in [3.8, 4) is 0 Å². The first kappa shape index (κ1) is 16.8. The molecule has 0 amide bonds. The van der Waals surface area contributed by atoms with Gasteiger partial charge in [-0.15, -0.1) is 0 Å². The van der Waals surface area contributed by atoms with Crippen LogP contribution < -0.4 is 0 Å². The molecular weight excluding hydrogens is 270 g/mol. The van der Waals surface area contributed by atoms with E-state index in [2.05, 4.69) is 0 Å². The number of hydrogen-bond acceptors (Lipinski definition) is 5. The molecule has 5 nitrogen and oxygen atoms in total. The van der Waals surface area contributed by atoms with Crippen molar-refractivity contribution in [3.05, 3.63) is 47.7 Å². The summed E-state index contributed by atoms with van der Waals surface area (Å²) in [6, 6.07) is 9.74. The van der Waals surface area contributed by atoms with Gasteiger partial charge in [-0.1, -0.05) is 30.3 Å². The monoisotopic (exact) mass is 291 g/mol. The molecule has 1 aromatic carbocycles. The molecule has 0 saturated heterocycles. The summed E-state index contributed by atoms with van der Waals surface area (Å²) in [5.41, 5.74) is 0.973. The van der Waals surface area contributed by atoms with Crippen LogP contribution in [0.1, 0.15) is 19.4 Å². The highest BCUT2D eigenvalue weighted by atomic mass is 16.6. The molecule has 0 aliphatic carbocycles. The van der Waals surface area contributed by atoms with Crippen LogP contribution in [0.25, 0.3) is 0 Å². The topological polar surface area (TPSA) is 55.8 Å². The third kappa shape index (κ3) is 5.69. The van der Waals surface area contributed by atoms with Crippen LogP contribution in [-0.2, 0) is 25.6 Å². The Hall–Kier alpha value is -2.30. The number of carbonyl (C=O) groups excluding carboxylic acids is 2. The van der Waals surface area contributed by atoms with Crippen molar-refractivity contribution in [2.45, 2.75) is 20.4 Å². The van der Waals surface area contributed by atoms with Crippen LogP contribution in [0.4, 0.5) is 0 Å². The van der Waals surface area contributed by atoms with Crippen LogP contribution in [0.5, 0.6) is 0 Å². The minimum absolute atomic E-state index is 0.0999. The fourth-order valence-electron chi connectivity index (χ4n) is 1.74. The fraction of sp³-hybridized carbons (Fsp3) is 0.375. The quantitative estimate of drug-likeness (QED) is 0.333. The van der Waals surface area contributed by atoms with Crippen LogP contribution >= 0.6 is 0 Å². The second kappa shape index (κ2) is 8.79. The van der Waals surface area contributed by atoms with Gasteiger partial charge in [0.05, 0.1) is 13.2 Å². The normalized spacial score (nSPS) is 9.67. The Balaban J connectivity index is 2.85. The van der Waals surface area contributed by atoms with Gasteiger partial charge in [-0.2, -0.15) is 0 Å². The number of hydrogen-bond donors (Lipinski definition) is 0. The highest BCUT2D eigenvalue weighted by Gasteiger charge is 2.21. The molecule has 0 saturated carbocycles. The molecule has 0 spiro atoms. The Bertz CT molecular complexity index is 476. The molecule has 5 heteroatoms. The zero-order valence-corrected chi connectivity index (χ0v) is 12.7. The molecule has 0 atom stereocenters. The molecule has 21 heavy (non-hydrogen) atoms. The molecule has 0 aliphatic heterocycles. The molecule has 1 rings (SSSR count). The van der Waals surface area contributed by atoms with Crippen LogP contribution in [0.2, 0.25) is 0 Å². The summed E-state index contributed by atoms with van der Waals surface area (Å²) in [5, 5.41) is 0. The molecule has 114 valence electrons. The van der Waals surface area contributed by atoms with Crippen LogP contribution in [0.15, 0.2) is 42.1 Å². The van der Waals surface area contributed by atoms with Crippen molar-refractivity contribution < 1.29 is 19.1 Å². The largest absolute Gasteiger partial charge is 0.462 e. The lowest BCUT2D eigenvalue weighted by Gasteiger charge is -2.16. The first-order chi connectivity index (χ1) is 10.1. The lowest BCUT2D eigenvalue weighted by atomic mass is 10.2. The van der Waals surface area contributed by atoms with Gasteiger partial charge < -0.3 is 14.4 Å². The predicted octanol–water partition coefficient (Wildman–Crippen LogP) is 2.13. The van der Waals surface area contributed by atoms with Gasteiger partial charge >= 0.3 is 11.9 Å². The summed E-state index contributed by atoms with van der Waals surface area (Å²) < 4.78 is 9.78. The van der Waals surface area contributed by atoms with Gasteiger partial charge in [-0.25, -0.2) is 9.59 Å². The van der Waals surface area contributed by atoms with Crippen molar-refractivity contribution in [3.63, 3.8) is 0 Å². The number of esters is 2. The smallest absolute Gasteiger partial charge is 0.347 e. The first-order valence-electron chi connectivity index (χ1n) is 6.88. The number of carbonyl (C=O) groups is 2. The van der Waals surface area contributed by atoms with E-state index in [4.69, 9.17) is 9.47 Å². The lowest BCUT2D eigenvalue weighted by Crippen LogP contribution is -2.22. The Morgan fingerprint density at radius 2 is 1.57 bits per heavy atom. The van der Waals surface area contributed by atoms with E-state index in [1.807, 2.05) is 30.3 Å². The maximum Gasteiger partial charge on any atom is 0.347 e. The molecular formula is C16H21NO4. The second-order valence-corrected chi connectivity index (χ2v) is 4.38. The van der Waals surface area contributed by atoms with Crippen LogP contribution in [-0.4, -0.2) is 37.1 Å². The number of rotatable bonds is 7. The van der Waals surface area contributed by atoms with E-state index in [1.165, 1.54) is 6.20 Å². The van der Waals surface area contributed by atoms with E-state index in [9.17, 15) is 9.59 Å². The van der Waals surface area contributed by atoms with Gasteiger partial charge in [-0.3, -0.25) is 0 Å². The van der Waals surface area contributed by atoms with Gasteiger partial charge in [-0.05, 0) is 19.4 Å². The van der Waals surface area contributed by atoms with Crippen molar-refractivity contribution >= 4 is 11.9 Å². The summed E-state index contributed by atoms with van der Waals surface area (Å²) in [6.45, 7) is 4.36. The molecule has 0 heterocycles. The molecule has 0 radical (unpaired) electrons. The molecule has 0 N–H and O–H groups in total. The van der Waals surface area contributed by atoms with Crippen molar-refractivity contribution in [1.82, 2.24) is 4.90 Å². The number of ether oxygens (including phenoxy) is 2. The van der Waals surface area contributed by atoms with E-state index in [0.29, 0.717) is 6.54 Å². The maximum atomic E-state index is 11.8. The van der Waals surface area contributed by atoms with Crippen molar-refractivity contribution in [1.29, 1.82) is 0 Å². The Morgan fingerprint density at radius 1 is 1.05 bits per heavy atom. The summed E-state index contributed by atoms with van der Waals surface area (Å²) in [6.07, 6.45) is 1.46. The minimum Gasteiger partial charge on any atom is -0.462 e. The van der Waals surface area contributed by atoms with E-state index >= 15 is 0 Å². The van der Waals surface area contributed by atoms with Crippen LogP contribution in [0, 0.1) is 0 Å². The summed E-state index contributed by atoms with van der Waals surface area (Å²) in [7, 11) is 1.78. The maximum absolute atomic E-state index is 11.8. The molecule has 0 bridgehead atoms. The SMILES string of the molecule is CCOC(=O)C(=CN(C)Cc1ccccc1)C(=O)OCC. The summed E-state index contributed by atoms with van der Waals surface area (Å²) >= 11 is 0.